The molecular weight excluding hydrogens is 459 g/mol. The molecule has 1 heterocycles. The lowest BCUT2D eigenvalue weighted by molar-refractivity contribution is -0.137. The van der Waals surface area contributed by atoms with Crippen molar-refractivity contribution in [3.05, 3.63) is 59.9 Å². The number of aliphatic hydroxyl groups is 1. The van der Waals surface area contributed by atoms with Crippen LogP contribution < -0.4 is 10.1 Å². The molecule has 2 aromatic carbocycles. The summed E-state index contributed by atoms with van der Waals surface area (Å²) in [6, 6.07) is 13.4. The Morgan fingerprint density at radius 2 is 2.06 bits per heavy atom. The molecule has 1 amide bonds. The van der Waals surface area contributed by atoms with Gasteiger partial charge in [-0.05, 0) is 69.8 Å². The molecule has 36 heavy (non-hydrogen) atoms. The van der Waals surface area contributed by atoms with Crippen LogP contribution in [0.3, 0.4) is 0 Å². The monoisotopic (exact) mass is 500 g/mol. The van der Waals surface area contributed by atoms with Gasteiger partial charge in [0.15, 0.2) is 0 Å². The molecule has 1 saturated heterocycles. The van der Waals surface area contributed by atoms with E-state index < -0.39 is 5.60 Å². The van der Waals surface area contributed by atoms with Crippen molar-refractivity contribution in [2.45, 2.75) is 51.0 Å². The number of carbonyl (C=O) groups excluding carboxylic acids is 1. The van der Waals surface area contributed by atoms with E-state index >= 15 is 0 Å². The summed E-state index contributed by atoms with van der Waals surface area (Å²) in [7, 11) is 3.57. The number of likely N-dealkylation sites (tertiary alicyclic amines) is 1. The first-order chi connectivity index (χ1) is 17.4. The second-order valence-electron chi connectivity index (χ2n) is 9.98. The van der Waals surface area contributed by atoms with Crippen molar-refractivity contribution in [2.24, 2.45) is 11.8 Å². The van der Waals surface area contributed by atoms with E-state index in [-0.39, 0.29) is 23.6 Å². The Kier molecular flexibility index (Phi) is 10.7. The van der Waals surface area contributed by atoms with Crippen molar-refractivity contribution in [3.63, 3.8) is 0 Å². The van der Waals surface area contributed by atoms with Crippen molar-refractivity contribution >= 4 is 5.91 Å². The summed E-state index contributed by atoms with van der Waals surface area (Å²) in [6.45, 7) is 4.69. The van der Waals surface area contributed by atoms with Crippen LogP contribution in [-0.2, 0) is 15.1 Å². The molecule has 0 aromatic heterocycles. The van der Waals surface area contributed by atoms with Crippen molar-refractivity contribution in [2.75, 3.05) is 40.4 Å². The summed E-state index contributed by atoms with van der Waals surface area (Å²) >= 11 is 0. The maximum Gasteiger partial charge on any atom is 0.222 e. The minimum atomic E-state index is -1.20. The SMILES string of the molecule is CNC[C@H](C)CC(=O)N1CCC[C@@H]([C@@](O)(CCCCOC)c2ccccc2Oc2cccc(F)c2)C1. The number of amides is 1. The van der Waals surface area contributed by atoms with Crippen molar-refractivity contribution in [1.82, 2.24) is 10.2 Å². The van der Waals surface area contributed by atoms with E-state index in [1.54, 1.807) is 19.2 Å². The fraction of sp³-hybridized carbons (Fsp3) is 0.552. The Morgan fingerprint density at radius 3 is 2.81 bits per heavy atom. The zero-order valence-electron chi connectivity index (χ0n) is 21.8. The lowest BCUT2D eigenvalue weighted by Crippen LogP contribution is -2.48. The first-order valence-corrected chi connectivity index (χ1v) is 13.0. The Balaban J connectivity index is 1.88. The fourth-order valence-corrected chi connectivity index (χ4v) is 5.21. The molecule has 0 unspecified atom stereocenters. The number of nitrogens with zero attached hydrogens (tertiary/aromatic N) is 1. The maximum absolute atomic E-state index is 13.8. The van der Waals surface area contributed by atoms with E-state index in [2.05, 4.69) is 12.2 Å². The predicted molar refractivity (Wildman–Crippen MR) is 140 cm³/mol. The van der Waals surface area contributed by atoms with E-state index in [9.17, 15) is 14.3 Å². The van der Waals surface area contributed by atoms with Crippen LogP contribution in [0.4, 0.5) is 4.39 Å². The number of hydrogen-bond acceptors (Lipinski definition) is 5. The minimum Gasteiger partial charge on any atom is -0.457 e. The third-order valence-electron chi connectivity index (χ3n) is 7.06. The number of carbonyl (C=O) groups is 1. The van der Waals surface area contributed by atoms with E-state index in [0.717, 1.165) is 32.2 Å². The zero-order chi connectivity index (χ0) is 26.0. The number of hydrogen-bond donors (Lipinski definition) is 2. The van der Waals surface area contributed by atoms with Crippen LogP contribution in [0.25, 0.3) is 0 Å². The normalized spacial score (nSPS) is 18.5. The number of para-hydroxylation sites is 1. The second-order valence-corrected chi connectivity index (χ2v) is 9.98. The first kappa shape index (κ1) is 28.1. The smallest absolute Gasteiger partial charge is 0.222 e. The van der Waals surface area contributed by atoms with Gasteiger partial charge in [0.05, 0.1) is 5.60 Å². The highest BCUT2D eigenvalue weighted by atomic mass is 19.1. The highest BCUT2D eigenvalue weighted by Crippen LogP contribution is 2.44. The topological polar surface area (TPSA) is 71.0 Å². The average Bonchev–Trinajstić information content (AvgIpc) is 2.87. The lowest BCUT2D eigenvalue weighted by Gasteiger charge is -2.43. The molecule has 0 spiro atoms. The van der Waals surface area contributed by atoms with E-state index in [4.69, 9.17) is 9.47 Å². The van der Waals surface area contributed by atoms with Gasteiger partial charge < -0.3 is 24.8 Å². The fourth-order valence-electron chi connectivity index (χ4n) is 5.21. The van der Waals surface area contributed by atoms with Gasteiger partial charge in [-0.2, -0.15) is 0 Å². The molecule has 3 atom stereocenters. The number of unbranched alkanes of at least 4 members (excludes halogenated alkanes) is 1. The van der Waals surface area contributed by atoms with Crippen molar-refractivity contribution < 1.29 is 23.8 Å². The number of nitrogens with one attached hydrogen (secondary N) is 1. The molecule has 1 aliphatic rings. The van der Waals surface area contributed by atoms with Gasteiger partial charge >= 0.3 is 0 Å². The molecule has 0 aliphatic carbocycles. The van der Waals surface area contributed by atoms with Crippen LogP contribution in [0.1, 0.15) is 51.0 Å². The molecule has 0 radical (unpaired) electrons. The molecule has 198 valence electrons. The summed E-state index contributed by atoms with van der Waals surface area (Å²) in [5.41, 5.74) is -0.526. The highest BCUT2D eigenvalue weighted by Gasteiger charge is 2.42. The standard InChI is InChI=1S/C29H41FN2O4/c1-22(20-31-2)18-28(33)32-16-9-10-23(21-32)29(34,15-6-7-17-35-3)26-13-4-5-14-27(26)36-25-12-8-11-24(30)19-25/h4-5,8,11-14,19,22-23,31,34H,6-7,9-10,15-18,20-21H2,1-3H3/t22-,23-,29+/m1/s1. The summed E-state index contributed by atoms with van der Waals surface area (Å²) in [5, 5.41) is 15.5. The van der Waals surface area contributed by atoms with E-state index in [0.29, 0.717) is 49.6 Å². The molecule has 3 rings (SSSR count). The summed E-state index contributed by atoms with van der Waals surface area (Å²) in [5.74, 6) is 0.736. The summed E-state index contributed by atoms with van der Waals surface area (Å²) in [6.07, 6.45) is 4.24. The molecule has 1 aliphatic heterocycles. The number of halogens is 1. The number of rotatable bonds is 13. The van der Waals surface area contributed by atoms with Gasteiger partial charge in [-0.3, -0.25) is 4.79 Å². The first-order valence-electron chi connectivity index (χ1n) is 13.0. The van der Waals surface area contributed by atoms with Crippen LogP contribution in [0.15, 0.2) is 48.5 Å². The molecule has 7 heteroatoms. The van der Waals surface area contributed by atoms with E-state index in [1.165, 1.54) is 12.1 Å². The maximum atomic E-state index is 13.8. The quantitative estimate of drug-likeness (QED) is 0.374. The Bertz CT molecular complexity index is 972. The van der Waals surface area contributed by atoms with Crippen LogP contribution in [0, 0.1) is 17.7 Å². The van der Waals surface area contributed by atoms with Crippen LogP contribution in [0.5, 0.6) is 11.5 Å². The van der Waals surface area contributed by atoms with Crippen molar-refractivity contribution in [3.8, 4) is 11.5 Å². The number of methoxy groups -OCH3 is 1. The van der Waals surface area contributed by atoms with Gasteiger partial charge in [0.2, 0.25) is 5.91 Å². The van der Waals surface area contributed by atoms with E-state index in [1.807, 2.05) is 36.2 Å². The average molecular weight is 501 g/mol. The van der Waals surface area contributed by atoms with Crippen LogP contribution >= 0.6 is 0 Å². The van der Waals surface area contributed by atoms with Crippen LogP contribution in [0.2, 0.25) is 0 Å². The Hall–Kier alpha value is -2.48. The van der Waals surface area contributed by atoms with Crippen LogP contribution in [-0.4, -0.2) is 56.3 Å². The number of ether oxygens (including phenoxy) is 2. The largest absolute Gasteiger partial charge is 0.457 e. The second kappa shape index (κ2) is 13.7. The third-order valence-corrected chi connectivity index (χ3v) is 7.06. The molecule has 6 nitrogen and oxygen atoms in total. The Labute approximate surface area is 214 Å². The minimum absolute atomic E-state index is 0.133. The highest BCUT2D eigenvalue weighted by molar-refractivity contribution is 5.76. The van der Waals surface area contributed by atoms with Gasteiger partial charge in [0.25, 0.3) is 0 Å². The number of piperidine rings is 1. The molecule has 0 bridgehead atoms. The number of benzene rings is 2. The summed E-state index contributed by atoms with van der Waals surface area (Å²) in [4.78, 5) is 15.0. The van der Waals surface area contributed by atoms with Gasteiger partial charge in [-0.25, -0.2) is 4.39 Å². The molecule has 2 aromatic rings. The molecular formula is C29H41FN2O4. The lowest BCUT2D eigenvalue weighted by atomic mass is 9.73. The molecule has 1 fully saturated rings. The zero-order valence-corrected chi connectivity index (χ0v) is 21.8. The van der Waals surface area contributed by atoms with Gasteiger partial charge in [-0.15, -0.1) is 0 Å². The predicted octanol–water partition coefficient (Wildman–Crippen LogP) is 5.11. The molecule has 2 N–H and O–H groups in total. The van der Waals surface area contributed by atoms with Crippen molar-refractivity contribution in [1.29, 1.82) is 0 Å². The van der Waals surface area contributed by atoms with Gasteiger partial charge in [0.1, 0.15) is 17.3 Å². The Morgan fingerprint density at radius 1 is 1.25 bits per heavy atom. The molecule has 0 saturated carbocycles. The van der Waals surface area contributed by atoms with Gasteiger partial charge in [0, 0.05) is 50.8 Å². The van der Waals surface area contributed by atoms with Gasteiger partial charge in [-0.1, -0.05) is 31.2 Å². The third kappa shape index (κ3) is 7.51. The summed E-state index contributed by atoms with van der Waals surface area (Å²) < 4.78 is 25.1.